The summed E-state index contributed by atoms with van der Waals surface area (Å²) in [6.45, 7) is 0.574. The van der Waals surface area contributed by atoms with E-state index in [0.717, 1.165) is 12.3 Å². The SMILES string of the molecule is O=C1CCC(C(=O)N2CCc3ncc(C(F)(F)F)cc3C2)C1. The molecule has 1 aliphatic carbocycles. The number of carbonyl (C=O) groups excluding carboxylic acids is 2. The first kappa shape index (κ1) is 15.0. The lowest BCUT2D eigenvalue weighted by molar-refractivity contribution is -0.138. The molecule has 1 fully saturated rings. The van der Waals surface area contributed by atoms with Gasteiger partial charge in [0.05, 0.1) is 5.56 Å². The van der Waals surface area contributed by atoms with Gasteiger partial charge in [-0.05, 0) is 18.1 Å². The maximum Gasteiger partial charge on any atom is 0.417 e. The normalized spacial score (nSPS) is 21.9. The molecule has 2 aliphatic rings. The van der Waals surface area contributed by atoms with E-state index >= 15 is 0 Å². The number of aromatic nitrogens is 1. The van der Waals surface area contributed by atoms with Gasteiger partial charge in [0.2, 0.25) is 5.91 Å². The first-order valence-electron chi connectivity index (χ1n) is 7.20. The topological polar surface area (TPSA) is 50.3 Å². The highest BCUT2D eigenvalue weighted by molar-refractivity contribution is 5.90. The van der Waals surface area contributed by atoms with Crippen LogP contribution in [-0.2, 0) is 28.7 Å². The number of fused-ring (bicyclic) bond motifs is 1. The second kappa shape index (κ2) is 5.37. The van der Waals surface area contributed by atoms with Crippen LogP contribution in [0.1, 0.15) is 36.1 Å². The lowest BCUT2D eigenvalue weighted by atomic mass is 10.0. The molecule has 1 saturated carbocycles. The molecule has 0 spiro atoms. The first-order chi connectivity index (χ1) is 10.3. The van der Waals surface area contributed by atoms with E-state index in [-0.39, 0.29) is 30.6 Å². The Balaban J connectivity index is 1.78. The second-order valence-electron chi connectivity index (χ2n) is 5.82. The summed E-state index contributed by atoms with van der Waals surface area (Å²) in [5.41, 5.74) is 0.259. The Kier molecular flexibility index (Phi) is 3.66. The molecule has 1 aromatic rings. The van der Waals surface area contributed by atoms with Crippen molar-refractivity contribution in [1.29, 1.82) is 0 Å². The molecule has 0 N–H and O–H groups in total. The summed E-state index contributed by atoms with van der Waals surface area (Å²) in [7, 11) is 0. The molecule has 0 bridgehead atoms. The molecule has 7 heteroatoms. The summed E-state index contributed by atoms with van der Waals surface area (Å²) >= 11 is 0. The predicted molar refractivity (Wildman–Crippen MR) is 70.7 cm³/mol. The van der Waals surface area contributed by atoms with E-state index in [2.05, 4.69) is 4.98 Å². The van der Waals surface area contributed by atoms with Crippen molar-refractivity contribution in [1.82, 2.24) is 9.88 Å². The van der Waals surface area contributed by atoms with Crippen molar-refractivity contribution in [2.24, 2.45) is 5.92 Å². The maximum atomic E-state index is 12.7. The smallest absolute Gasteiger partial charge is 0.338 e. The zero-order valence-corrected chi connectivity index (χ0v) is 11.8. The Labute approximate surface area is 125 Å². The fourth-order valence-electron chi connectivity index (χ4n) is 3.05. The fourth-order valence-corrected chi connectivity index (χ4v) is 3.05. The molecule has 0 saturated heterocycles. The molecule has 0 radical (unpaired) electrons. The van der Waals surface area contributed by atoms with Crippen molar-refractivity contribution >= 4 is 11.7 Å². The van der Waals surface area contributed by atoms with Gasteiger partial charge in [0, 0.05) is 50.2 Å². The number of Topliss-reactive ketones (excluding diaryl/α,β-unsaturated/α-hetero) is 1. The minimum absolute atomic E-state index is 0.0804. The van der Waals surface area contributed by atoms with Gasteiger partial charge in [-0.1, -0.05) is 0 Å². The number of halogens is 3. The lowest BCUT2D eigenvalue weighted by Crippen LogP contribution is -2.39. The number of ketones is 1. The number of hydrogen-bond donors (Lipinski definition) is 0. The predicted octanol–water partition coefficient (Wildman–Crippen LogP) is 2.35. The Morgan fingerprint density at radius 1 is 1.32 bits per heavy atom. The molecule has 118 valence electrons. The first-order valence-corrected chi connectivity index (χ1v) is 7.20. The minimum atomic E-state index is -4.44. The third-order valence-corrected chi connectivity index (χ3v) is 4.27. The summed E-state index contributed by atoms with van der Waals surface area (Å²) in [5.74, 6) is -0.362. The van der Waals surface area contributed by atoms with Gasteiger partial charge < -0.3 is 4.90 Å². The Bertz CT molecular complexity index is 628. The summed E-state index contributed by atoms with van der Waals surface area (Å²) in [5, 5.41) is 0. The van der Waals surface area contributed by atoms with Gasteiger partial charge in [-0.3, -0.25) is 14.6 Å². The van der Waals surface area contributed by atoms with Crippen LogP contribution in [0.15, 0.2) is 12.3 Å². The van der Waals surface area contributed by atoms with Crippen LogP contribution in [0.3, 0.4) is 0 Å². The number of carbonyl (C=O) groups is 2. The van der Waals surface area contributed by atoms with E-state index in [4.69, 9.17) is 0 Å². The van der Waals surface area contributed by atoms with Crippen LogP contribution < -0.4 is 0 Å². The number of amides is 1. The van der Waals surface area contributed by atoms with Gasteiger partial charge in [0.15, 0.2) is 0 Å². The molecule has 1 aliphatic heterocycles. The quantitative estimate of drug-likeness (QED) is 0.800. The maximum absolute atomic E-state index is 12.7. The van der Waals surface area contributed by atoms with Crippen LogP contribution in [0.5, 0.6) is 0 Å². The standard InChI is InChI=1S/C15H15F3N2O2/c16-15(17,18)11-5-10-8-20(4-3-13(10)19-7-11)14(22)9-1-2-12(21)6-9/h5,7,9H,1-4,6,8H2. The minimum Gasteiger partial charge on any atom is -0.338 e. The van der Waals surface area contributed by atoms with Crippen LogP contribution in [0, 0.1) is 5.92 Å². The summed E-state index contributed by atoms with van der Waals surface area (Å²) < 4.78 is 38.2. The highest BCUT2D eigenvalue weighted by atomic mass is 19.4. The van der Waals surface area contributed by atoms with Crippen molar-refractivity contribution < 1.29 is 22.8 Å². The van der Waals surface area contributed by atoms with Gasteiger partial charge in [-0.2, -0.15) is 13.2 Å². The molecule has 0 aromatic carbocycles. The molecule has 1 unspecified atom stereocenters. The van der Waals surface area contributed by atoms with Crippen molar-refractivity contribution in [2.45, 2.75) is 38.4 Å². The molecular weight excluding hydrogens is 297 g/mol. The third-order valence-electron chi connectivity index (χ3n) is 4.27. The molecule has 1 aromatic heterocycles. The van der Waals surface area contributed by atoms with Crippen molar-refractivity contribution in [3.8, 4) is 0 Å². The van der Waals surface area contributed by atoms with Crippen molar-refractivity contribution in [3.05, 3.63) is 29.1 Å². The van der Waals surface area contributed by atoms with E-state index in [1.165, 1.54) is 0 Å². The zero-order valence-electron chi connectivity index (χ0n) is 11.8. The number of alkyl halides is 3. The summed E-state index contributed by atoms with van der Waals surface area (Å²) in [4.78, 5) is 29.1. The van der Waals surface area contributed by atoms with E-state index in [1.54, 1.807) is 4.90 Å². The van der Waals surface area contributed by atoms with Crippen molar-refractivity contribution in [2.75, 3.05) is 6.54 Å². The number of hydrogen-bond acceptors (Lipinski definition) is 3. The number of rotatable bonds is 1. The zero-order chi connectivity index (χ0) is 15.9. The molecule has 3 rings (SSSR count). The summed E-state index contributed by atoms with van der Waals surface area (Å²) in [6, 6.07) is 1.07. The van der Waals surface area contributed by atoms with Crippen LogP contribution in [0.25, 0.3) is 0 Å². The number of nitrogens with zero attached hydrogens (tertiary/aromatic N) is 2. The molecule has 22 heavy (non-hydrogen) atoms. The van der Waals surface area contributed by atoms with Crippen LogP contribution in [-0.4, -0.2) is 28.1 Å². The highest BCUT2D eigenvalue weighted by Gasteiger charge is 2.35. The fraction of sp³-hybridized carbons (Fsp3) is 0.533. The van der Waals surface area contributed by atoms with Gasteiger partial charge in [0.25, 0.3) is 0 Å². The van der Waals surface area contributed by atoms with Crippen LogP contribution >= 0.6 is 0 Å². The van der Waals surface area contributed by atoms with Gasteiger partial charge in [-0.25, -0.2) is 0 Å². The molecule has 2 heterocycles. The Morgan fingerprint density at radius 2 is 2.09 bits per heavy atom. The van der Waals surface area contributed by atoms with E-state index in [9.17, 15) is 22.8 Å². The molecule has 1 atom stereocenters. The van der Waals surface area contributed by atoms with Crippen molar-refractivity contribution in [3.63, 3.8) is 0 Å². The van der Waals surface area contributed by atoms with E-state index in [1.807, 2.05) is 0 Å². The van der Waals surface area contributed by atoms with Crippen LogP contribution in [0.4, 0.5) is 13.2 Å². The van der Waals surface area contributed by atoms with E-state index in [0.29, 0.717) is 37.1 Å². The van der Waals surface area contributed by atoms with Gasteiger partial charge >= 0.3 is 6.18 Å². The average Bonchev–Trinajstić information content (AvgIpc) is 2.91. The van der Waals surface area contributed by atoms with E-state index < -0.39 is 11.7 Å². The molecule has 4 nitrogen and oxygen atoms in total. The monoisotopic (exact) mass is 312 g/mol. The Morgan fingerprint density at radius 3 is 2.73 bits per heavy atom. The number of pyridine rings is 1. The molecule has 1 amide bonds. The molecular formula is C15H15F3N2O2. The highest BCUT2D eigenvalue weighted by Crippen LogP contribution is 2.32. The van der Waals surface area contributed by atoms with Gasteiger partial charge in [0.1, 0.15) is 5.78 Å². The summed E-state index contributed by atoms with van der Waals surface area (Å²) in [6.07, 6.45) is -1.94. The average molecular weight is 312 g/mol. The largest absolute Gasteiger partial charge is 0.417 e. The lowest BCUT2D eigenvalue weighted by Gasteiger charge is -2.30. The van der Waals surface area contributed by atoms with Crippen LogP contribution in [0.2, 0.25) is 0 Å². The Hall–Kier alpha value is -1.92. The van der Waals surface area contributed by atoms with Gasteiger partial charge in [-0.15, -0.1) is 0 Å². The third kappa shape index (κ3) is 2.84. The second-order valence-corrected chi connectivity index (χ2v) is 5.82.